The van der Waals surface area contributed by atoms with E-state index in [0.29, 0.717) is 91.9 Å². The van der Waals surface area contributed by atoms with Crippen LogP contribution in [0.5, 0.6) is 0 Å². The number of benzene rings is 5. The minimum Gasteiger partial charge on any atom is -0.480 e. The van der Waals surface area contributed by atoms with Crippen LogP contribution in [0.15, 0.2) is 115 Å². The van der Waals surface area contributed by atoms with Gasteiger partial charge in [-0.1, -0.05) is 170 Å². The molecule has 0 heterocycles. The fourth-order valence-corrected chi connectivity index (χ4v) is 15.3. The van der Waals surface area contributed by atoms with Crippen molar-refractivity contribution >= 4 is 122 Å². The van der Waals surface area contributed by atoms with Gasteiger partial charge in [-0.15, -0.1) is 0 Å². The Kier molecular flexibility index (Phi) is 51.3. The number of aliphatic hydroxyl groups is 1. The van der Waals surface area contributed by atoms with Crippen LogP contribution in [-0.4, -0.2) is 241 Å². The van der Waals surface area contributed by atoms with Gasteiger partial charge in [-0.2, -0.15) is 0 Å². The molecule has 0 aliphatic carbocycles. The molecule has 5 rings (SSSR count). The highest BCUT2D eigenvalue weighted by Crippen LogP contribution is 2.24. The summed E-state index contributed by atoms with van der Waals surface area (Å²) in [6.45, 7) is 11.1. The molecule has 0 fully saturated rings. The summed E-state index contributed by atoms with van der Waals surface area (Å²) in [5.74, 6) is -16.0. The van der Waals surface area contributed by atoms with Gasteiger partial charge in [0, 0.05) is 32.2 Å². The first-order chi connectivity index (χ1) is 65.4. The van der Waals surface area contributed by atoms with Crippen molar-refractivity contribution in [3.8, 4) is 0 Å². The van der Waals surface area contributed by atoms with E-state index in [1.807, 2.05) is 31.2 Å². The maximum atomic E-state index is 15.4. The van der Waals surface area contributed by atoms with Crippen molar-refractivity contribution in [1.29, 1.82) is 5.41 Å². The van der Waals surface area contributed by atoms with Crippen LogP contribution in [0.3, 0.4) is 0 Å². The lowest BCUT2D eigenvalue weighted by Crippen LogP contribution is -2.61. The second-order valence-electron chi connectivity index (χ2n) is 35.1. The van der Waals surface area contributed by atoms with Crippen LogP contribution in [0.25, 0.3) is 21.5 Å². The monoisotopic (exact) mass is 1910 g/mol. The Morgan fingerprint density at radius 2 is 0.730 bits per heavy atom. The number of carboxylic acid groups (broad SMARTS) is 1. The number of amides is 15. The van der Waals surface area contributed by atoms with Crippen molar-refractivity contribution in [3.05, 3.63) is 132 Å². The van der Waals surface area contributed by atoms with E-state index in [2.05, 4.69) is 79.8 Å². The first kappa shape index (κ1) is 115. The van der Waals surface area contributed by atoms with E-state index in [1.165, 1.54) is 6.92 Å². The molecule has 5 aromatic rings. The molecule has 0 saturated carbocycles. The third-order valence-electron chi connectivity index (χ3n) is 23.7. The number of carboxylic acids is 1. The van der Waals surface area contributed by atoms with Crippen molar-refractivity contribution in [2.75, 3.05) is 45.9 Å². The van der Waals surface area contributed by atoms with Crippen LogP contribution in [0.4, 0.5) is 0 Å². The molecule has 15 amide bonds. The minimum atomic E-state index is -1.70. The molecule has 32 N–H and O–H groups in total. The van der Waals surface area contributed by atoms with Gasteiger partial charge in [-0.25, -0.2) is 4.79 Å². The average Bonchev–Trinajstić information content (AvgIpc) is 0.817. The Hall–Kier alpha value is -12.8. The molecule has 754 valence electrons. The second-order valence-corrected chi connectivity index (χ2v) is 35.1. The lowest BCUT2D eigenvalue weighted by molar-refractivity contribution is -0.142. The average molecular weight is 1910 g/mol. The van der Waals surface area contributed by atoms with Crippen molar-refractivity contribution in [3.63, 3.8) is 0 Å². The van der Waals surface area contributed by atoms with Gasteiger partial charge in [0.1, 0.15) is 78.5 Å². The summed E-state index contributed by atoms with van der Waals surface area (Å²) in [5.41, 5.74) is 42.4. The van der Waals surface area contributed by atoms with Crippen LogP contribution in [-0.2, 0) is 96.0 Å². The quantitative estimate of drug-likeness (QED) is 0.0127. The summed E-state index contributed by atoms with van der Waals surface area (Å²) in [5, 5.41) is 71.0. The molecule has 5 aromatic carbocycles. The second kappa shape index (κ2) is 61.3. The summed E-state index contributed by atoms with van der Waals surface area (Å²) in [6.07, 6.45) is 2.33. The maximum Gasteiger partial charge on any atom is 0.326 e. The number of rotatable bonds is 65. The number of guanidine groups is 1. The summed E-state index contributed by atoms with van der Waals surface area (Å²) < 4.78 is 0. The standard InChI is InChI=1S/C96H147N23O18/c1-8-57(5)80(102)93(134)112-69(40-19-23-47-99)88(129)119-81(58(6)9-2)94(135)118-77(55-120)83(124)106-54-79(122)108-67(38-17-21-45-97)85(126)116-75(52-63-34-25-32-61-30-13-15-36-65(61)63)91(132)110-68(39-18-22-46-98)84(125)107-59(7)82(123)109-71(43-44-78(101)121)87(128)117-76(53-64-35-26-33-62-31-14-16-37-66(62)64)92(133)111-70(42-27-49-105-96(103)104)86(127)115-74(51-60-28-11-10-12-29-60)90(131)114-73(50-56(3)4)89(130)113-72(95(136)137)41-20-24-48-100/h10-16,25-26,28-37,56-59,67-77,80-81,120H,8-9,17-24,27,38-55,97-100,102H2,1-7H3,(H2,101,121)(H,106,124)(H,107,125)(H,108,122)(H,109,123)(H,110,132)(H,111,133)(H,112,134)(H,113,130)(H,114,131)(H,115,127)(H,116,126)(H,117,128)(H,118,135)(H,119,129)(H,136,137)(H4,103,104,105)/t57-,58-,59-,67-,68-,69-,70-,71-,72-,73-,74-,75-,76-,77-,80-,81-/m0/s1. The van der Waals surface area contributed by atoms with Crippen LogP contribution in [0.2, 0.25) is 0 Å². The smallest absolute Gasteiger partial charge is 0.326 e. The normalized spacial score (nSPS) is 14.8. The number of carbonyl (C=O) groups is 16. The number of aliphatic carboxylic acids is 1. The molecule has 16 atom stereocenters. The van der Waals surface area contributed by atoms with Crippen molar-refractivity contribution in [2.24, 2.45) is 57.9 Å². The molecule has 0 unspecified atom stereocenters. The van der Waals surface area contributed by atoms with Crippen LogP contribution < -0.4 is 120 Å². The molecule has 137 heavy (non-hydrogen) atoms. The lowest BCUT2D eigenvalue weighted by atomic mass is 9.96. The predicted octanol–water partition coefficient (Wildman–Crippen LogP) is -0.953. The molecule has 0 aromatic heterocycles. The van der Waals surface area contributed by atoms with Gasteiger partial charge < -0.3 is 130 Å². The summed E-state index contributed by atoms with van der Waals surface area (Å²) in [6, 6.07) is 13.5. The lowest BCUT2D eigenvalue weighted by Gasteiger charge is -2.29. The van der Waals surface area contributed by atoms with E-state index < -0.39 is 217 Å². The van der Waals surface area contributed by atoms with Gasteiger partial charge >= 0.3 is 5.97 Å². The number of primary amides is 1. The molecule has 0 aliphatic rings. The molecule has 41 nitrogen and oxygen atoms in total. The zero-order valence-corrected chi connectivity index (χ0v) is 79.8. The molecule has 0 spiro atoms. The zero-order chi connectivity index (χ0) is 101. The Morgan fingerprint density at radius 3 is 1.18 bits per heavy atom. The molecule has 0 aliphatic heterocycles. The fourth-order valence-electron chi connectivity index (χ4n) is 15.3. The Labute approximate surface area is 800 Å². The van der Waals surface area contributed by atoms with Gasteiger partial charge in [0.25, 0.3) is 0 Å². The molecular formula is C96H147N23O18. The van der Waals surface area contributed by atoms with E-state index in [9.17, 15) is 67.7 Å². The van der Waals surface area contributed by atoms with Crippen LogP contribution >= 0.6 is 0 Å². The summed E-state index contributed by atoms with van der Waals surface area (Å²) >= 11 is 0. The molecule has 0 saturated heterocycles. The largest absolute Gasteiger partial charge is 0.480 e. The molecule has 0 bridgehead atoms. The first-order valence-electron chi connectivity index (χ1n) is 47.4. The highest BCUT2D eigenvalue weighted by atomic mass is 16.4. The topological polar surface area (TPSA) is 700 Å². The summed E-state index contributed by atoms with van der Waals surface area (Å²) in [7, 11) is 0. The van der Waals surface area contributed by atoms with Crippen LogP contribution in [0.1, 0.15) is 187 Å². The number of hydrogen-bond donors (Lipinski definition) is 25. The Morgan fingerprint density at radius 1 is 0.358 bits per heavy atom. The number of unbranched alkanes of at least 4 members (excludes halogenated alkanes) is 4. The third kappa shape index (κ3) is 40.2. The number of aliphatic hydroxyl groups excluding tert-OH is 1. The van der Waals surface area contributed by atoms with E-state index in [4.69, 9.17) is 45.5 Å². The van der Waals surface area contributed by atoms with Gasteiger partial charge in [0.2, 0.25) is 88.6 Å². The van der Waals surface area contributed by atoms with E-state index in [1.54, 1.807) is 126 Å². The third-order valence-corrected chi connectivity index (χ3v) is 23.7. The molecule has 0 radical (unpaired) electrons. The Bertz CT molecular complexity index is 4790. The zero-order valence-electron chi connectivity index (χ0n) is 79.8. The van der Waals surface area contributed by atoms with Gasteiger partial charge in [-0.3, -0.25) is 77.3 Å². The highest BCUT2D eigenvalue weighted by Gasteiger charge is 2.39. The number of nitrogens with one attached hydrogen (secondary N) is 16. The van der Waals surface area contributed by atoms with E-state index in [0.717, 1.165) is 10.8 Å². The molecule has 41 heteroatoms. The number of hydrogen-bond acceptors (Lipinski definition) is 23. The van der Waals surface area contributed by atoms with Crippen molar-refractivity contribution in [2.45, 2.75) is 274 Å². The predicted molar refractivity (Wildman–Crippen MR) is 519 cm³/mol. The van der Waals surface area contributed by atoms with Gasteiger partial charge in [0.15, 0.2) is 5.96 Å². The Balaban J connectivity index is 1.43. The number of nitrogens with two attached hydrogens (primary N) is 7. The van der Waals surface area contributed by atoms with Crippen molar-refractivity contribution in [1.82, 2.24) is 79.8 Å². The fraction of sp³-hybridized carbons (Fsp3) is 0.552. The SMILES string of the molecule is CC[C@H](C)[C@H](N)C(=O)N[C@@H](CCCCN)C(=O)N[C@H](C(=O)N[C@@H](CO)C(=O)NCC(=O)N[C@@H](CCCCN)C(=O)N[C@@H](Cc1cccc2ccccc12)C(=O)N[C@@H](CCCCN)C(=O)N[C@@H](C)C(=O)N[C@@H](CCC(N)=O)C(=O)N[C@@H](Cc1cccc2ccccc12)C(=O)N[C@@H](CCCNC(=N)N)C(=O)N[C@@H](Cc1ccccc1)C(=O)N[C@@H](CC(C)C)C(=O)N[C@@H](CCCCN)C(=O)O)[C@@H](C)CC. The number of fused-ring (bicyclic) bond motifs is 2. The first-order valence-corrected chi connectivity index (χ1v) is 47.4. The van der Waals surface area contributed by atoms with Gasteiger partial charge in [-0.05, 0) is 192 Å². The van der Waals surface area contributed by atoms with E-state index >= 15 is 19.2 Å². The van der Waals surface area contributed by atoms with Gasteiger partial charge in [0.05, 0.1) is 19.2 Å². The minimum absolute atomic E-state index is 0.0108. The summed E-state index contributed by atoms with van der Waals surface area (Å²) in [4.78, 5) is 228. The van der Waals surface area contributed by atoms with E-state index in [-0.39, 0.29) is 109 Å². The maximum absolute atomic E-state index is 15.4. The number of carbonyl (C=O) groups excluding carboxylic acids is 15. The van der Waals surface area contributed by atoms with Crippen LogP contribution in [0, 0.1) is 23.2 Å². The highest BCUT2D eigenvalue weighted by molar-refractivity contribution is 6.01. The molecular weight excluding hydrogens is 1760 g/mol. The van der Waals surface area contributed by atoms with Crippen molar-refractivity contribution < 1.29 is 86.9 Å².